The molecule has 2 unspecified atom stereocenters. The molecule has 1 amide bonds. The first-order valence-electron chi connectivity index (χ1n) is 8.30. The van der Waals surface area contributed by atoms with Gasteiger partial charge in [-0.05, 0) is 62.6 Å². The van der Waals surface area contributed by atoms with Crippen molar-refractivity contribution >= 4 is 11.6 Å². The van der Waals surface area contributed by atoms with Crippen LogP contribution < -0.4 is 16.8 Å². The predicted molar refractivity (Wildman–Crippen MR) is 90.5 cm³/mol. The second-order valence-corrected chi connectivity index (χ2v) is 8.19. The van der Waals surface area contributed by atoms with Crippen molar-refractivity contribution < 1.29 is 4.79 Å². The van der Waals surface area contributed by atoms with E-state index in [9.17, 15) is 4.79 Å². The number of benzene rings is 1. The van der Waals surface area contributed by atoms with E-state index in [0.29, 0.717) is 5.92 Å². The molecule has 4 nitrogen and oxygen atoms in total. The van der Waals surface area contributed by atoms with Crippen molar-refractivity contribution in [2.75, 3.05) is 5.32 Å². The fourth-order valence-electron chi connectivity index (χ4n) is 5.79. The molecule has 0 saturated heterocycles. The average molecular weight is 309 g/mol. The molecule has 0 spiro atoms. The molecule has 23 heavy (non-hydrogen) atoms. The number of nitrogens with one attached hydrogen (secondary N) is 1. The van der Waals surface area contributed by atoms with Crippen molar-refractivity contribution in [1.29, 1.82) is 0 Å². The molecule has 0 aromatic heterocycles. The average Bonchev–Trinajstić information content (AvgIpc) is 2.43. The van der Waals surface area contributed by atoms with Gasteiger partial charge in [0.05, 0.1) is 5.41 Å². The Kier molecular flexibility index (Phi) is 2.94. The van der Waals surface area contributed by atoms with E-state index in [-0.39, 0.29) is 17.0 Å². The van der Waals surface area contributed by atoms with Gasteiger partial charge in [-0.3, -0.25) is 4.79 Å². The van der Waals surface area contributed by atoms with E-state index in [1.54, 1.807) is 0 Å². The van der Waals surface area contributed by atoms with Crippen LogP contribution in [-0.4, -0.2) is 17.0 Å². The quantitative estimate of drug-likeness (QED) is 0.731. The topological polar surface area (TPSA) is 81.1 Å². The van der Waals surface area contributed by atoms with Crippen molar-refractivity contribution in [1.82, 2.24) is 0 Å². The van der Waals surface area contributed by atoms with Gasteiger partial charge >= 0.3 is 0 Å². The molecule has 1 aromatic carbocycles. The molecule has 2 atom stereocenters. The number of carbonyl (C=O) groups excluding carboxylic acids is 1. The smallest absolute Gasteiger partial charge is 0.230 e. The number of hydrogen-bond acceptors (Lipinski definition) is 3. The summed E-state index contributed by atoms with van der Waals surface area (Å²) in [5.41, 5.74) is 13.7. The monoisotopic (exact) mass is 309 g/mol. The largest absolute Gasteiger partial charge is 0.326 e. The summed E-state index contributed by atoms with van der Waals surface area (Å²) in [6.45, 7) is 0. The Morgan fingerprint density at radius 2 is 1.87 bits per heavy atom. The highest BCUT2D eigenvalue weighted by atomic mass is 16.2. The van der Waals surface area contributed by atoms with E-state index in [1.807, 2.05) is 24.3 Å². The molecule has 4 bridgehead atoms. The van der Waals surface area contributed by atoms with Crippen molar-refractivity contribution in [2.45, 2.75) is 49.6 Å². The minimum Gasteiger partial charge on any atom is -0.326 e. The van der Waals surface area contributed by atoms with Crippen LogP contribution in [0, 0.1) is 23.7 Å². The molecule has 5 N–H and O–H groups in total. The molecule has 4 aliphatic carbocycles. The molecule has 0 radical (unpaired) electrons. The van der Waals surface area contributed by atoms with Crippen LogP contribution in [0.2, 0.25) is 0 Å². The molecule has 4 aliphatic rings. The highest BCUT2D eigenvalue weighted by molar-refractivity contribution is 5.96. The molecule has 5 rings (SSSR count). The van der Waals surface area contributed by atoms with E-state index < -0.39 is 5.41 Å². The maximum atomic E-state index is 13.1. The second kappa shape index (κ2) is 4.59. The standard InChI is InChI=1S/C19H23N3O/c1-2-13-4-3-5-15(6-13)22-16(23)17-7-14-8-18(20,10-17)12-19(21,9-14)11-17/h1,3-6,14H,7-12,20-21H2,(H,22,23). The molecular formula is C19H23N3O. The Hall–Kier alpha value is -1.83. The van der Waals surface area contributed by atoms with Crippen molar-refractivity contribution in [3.63, 3.8) is 0 Å². The van der Waals surface area contributed by atoms with Crippen LogP contribution in [0.5, 0.6) is 0 Å². The normalized spacial score (nSPS) is 40.7. The predicted octanol–water partition coefficient (Wildman–Crippen LogP) is 1.99. The number of hydrogen-bond donors (Lipinski definition) is 3. The van der Waals surface area contributed by atoms with Crippen LogP contribution in [0.1, 0.15) is 44.1 Å². The minimum atomic E-state index is -0.422. The number of nitrogens with two attached hydrogens (primary N) is 2. The van der Waals surface area contributed by atoms with Crippen molar-refractivity contribution in [3.05, 3.63) is 29.8 Å². The second-order valence-electron chi connectivity index (χ2n) is 8.19. The molecular weight excluding hydrogens is 286 g/mol. The zero-order chi connectivity index (χ0) is 16.3. The fraction of sp³-hybridized carbons (Fsp3) is 0.526. The number of amides is 1. The summed E-state index contributed by atoms with van der Waals surface area (Å²) >= 11 is 0. The first-order chi connectivity index (χ1) is 10.8. The lowest BCUT2D eigenvalue weighted by Crippen LogP contribution is -2.71. The van der Waals surface area contributed by atoms with E-state index >= 15 is 0 Å². The zero-order valence-corrected chi connectivity index (χ0v) is 13.3. The van der Waals surface area contributed by atoms with Crippen molar-refractivity contribution in [2.24, 2.45) is 22.8 Å². The lowest BCUT2D eigenvalue weighted by Gasteiger charge is -2.63. The Morgan fingerprint density at radius 3 is 2.48 bits per heavy atom. The first-order valence-corrected chi connectivity index (χ1v) is 8.30. The molecule has 4 saturated carbocycles. The summed E-state index contributed by atoms with van der Waals surface area (Å²) in [6, 6.07) is 7.41. The minimum absolute atomic E-state index is 0.0559. The fourth-order valence-corrected chi connectivity index (χ4v) is 5.79. The van der Waals surface area contributed by atoms with Crippen LogP contribution in [0.25, 0.3) is 0 Å². The summed E-state index contributed by atoms with van der Waals surface area (Å²) in [5, 5.41) is 3.06. The summed E-state index contributed by atoms with van der Waals surface area (Å²) in [4.78, 5) is 13.1. The van der Waals surface area contributed by atoms with Gasteiger partial charge in [-0.15, -0.1) is 6.42 Å². The van der Waals surface area contributed by atoms with Crippen LogP contribution in [-0.2, 0) is 4.79 Å². The zero-order valence-electron chi connectivity index (χ0n) is 13.3. The molecule has 1 aromatic rings. The molecule has 4 heteroatoms. The van der Waals surface area contributed by atoms with Gasteiger partial charge in [0.15, 0.2) is 0 Å². The maximum Gasteiger partial charge on any atom is 0.230 e. The maximum absolute atomic E-state index is 13.1. The van der Waals surface area contributed by atoms with Gasteiger partial charge in [0.1, 0.15) is 0 Å². The number of anilines is 1. The lowest BCUT2D eigenvalue weighted by atomic mass is 9.44. The van der Waals surface area contributed by atoms with Crippen molar-refractivity contribution in [3.8, 4) is 12.3 Å². The number of rotatable bonds is 2. The lowest BCUT2D eigenvalue weighted by molar-refractivity contribution is -0.144. The molecule has 0 heterocycles. The Bertz CT molecular complexity index is 702. The van der Waals surface area contributed by atoms with Crippen LogP contribution in [0.4, 0.5) is 5.69 Å². The van der Waals surface area contributed by atoms with Crippen LogP contribution in [0.15, 0.2) is 24.3 Å². The van der Waals surface area contributed by atoms with Crippen LogP contribution in [0.3, 0.4) is 0 Å². The number of carbonyl (C=O) groups is 1. The van der Waals surface area contributed by atoms with Crippen LogP contribution >= 0.6 is 0 Å². The summed E-state index contributed by atoms with van der Waals surface area (Å²) in [7, 11) is 0. The van der Waals surface area contributed by atoms with E-state index in [0.717, 1.165) is 49.8 Å². The Balaban J connectivity index is 1.62. The third-order valence-electron chi connectivity index (χ3n) is 5.92. The molecule has 4 fully saturated rings. The number of terminal acetylenes is 1. The van der Waals surface area contributed by atoms with Gasteiger partial charge < -0.3 is 16.8 Å². The van der Waals surface area contributed by atoms with Gasteiger partial charge in [0.25, 0.3) is 0 Å². The third-order valence-corrected chi connectivity index (χ3v) is 5.92. The Labute approximate surface area is 137 Å². The van der Waals surface area contributed by atoms with E-state index in [2.05, 4.69) is 11.2 Å². The summed E-state index contributed by atoms with van der Waals surface area (Å²) in [6.07, 6.45) is 10.7. The highest BCUT2D eigenvalue weighted by Crippen LogP contribution is 2.61. The third kappa shape index (κ3) is 2.36. The molecule has 120 valence electrons. The van der Waals surface area contributed by atoms with Gasteiger partial charge in [0, 0.05) is 22.3 Å². The van der Waals surface area contributed by atoms with E-state index in [1.165, 1.54) is 0 Å². The van der Waals surface area contributed by atoms with Gasteiger partial charge in [-0.25, -0.2) is 0 Å². The Morgan fingerprint density at radius 1 is 1.17 bits per heavy atom. The van der Waals surface area contributed by atoms with Gasteiger partial charge in [-0.2, -0.15) is 0 Å². The van der Waals surface area contributed by atoms with Gasteiger partial charge in [0.2, 0.25) is 5.91 Å². The summed E-state index contributed by atoms with van der Waals surface area (Å²) in [5.74, 6) is 3.13. The van der Waals surface area contributed by atoms with Gasteiger partial charge in [-0.1, -0.05) is 12.0 Å². The molecule has 0 aliphatic heterocycles. The first kappa shape index (κ1) is 14.7. The van der Waals surface area contributed by atoms with E-state index in [4.69, 9.17) is 17.9 Å². The summed E-state index contributed by atoms with van der Waals surface area (Å²) < 4.78 is 0. The highest BCUT2D eigenvalue weighted by Gasteiger charge is 2.63. The SMILES string of the molecule is C#Cc1cccc(NC(=O)C23CC4CC(N)(CC(N)(C4)C2)C3)c1.